The van der Waals surface area contributed by atoms with Crippen molar-refractivity contribution in [3.8, 4) is 11.5 Å². The van der Waals surface area contributed by atoms with E-state index in [4.69, 9.17) is 0 Å². The van der Waals surface area contributed by atoms with Crippen LogP contribution in [0.15, 0.2) is 60.9 Å². The van der Waals surface area contributed by atoms with Gasteiger partial charge in [-0.05, 0) is 63.2 Å². The summed E-state index contributed by atoms with van der Waals surface area (Å²) in [4.78, 5) is 24.5. The van der Waals surface area contributed by atoms with Gasteiger partial charge in [0.25, 0.3) is 0 Å². The molecule has 1 aliphatic rings. The topological polar surface area (TPSA) is 104 Å². The van der Waals surface area contributed by atoms with Crippen molar-refractivity contribution in [1.82, 2.24) is 35.1 Å². The predicted molar refractivity (Wildman–Crippen MR) is 142 cm³/mol. The Bertz CT molecular complexity index is 1370. The molecule has 0 spiro atoms. The van der Waals surface area contributed by atoms with Crippen molar-refractivity contribution >= 4 is 23.3 Å². The minimum absolute atomic E-state index is 0.219. The quantitative estimate of drug-likeness (QED) is 0.340. The van der Waals surface area contributed by atoms with Crippen LogP contribution in [0.2, 0.25) is 0 Å². The van der Waals surface area contributed by atoms with E-state index in [2.05, 4.69) is 59.6 Å². The largest absolute Gasteiger partial charge is 0.325 e. The van der Waals surface area contributed by atoms with Crippen LogP contribution in [0.3, 0.4) is 0 Å². The standard InChI is InChI=1S/C27H30FN9/c1-17-5-4-6-23(32-17)26-29-11-9-24(35-26)34-25-10-12-30-27(36-25)33-21-7-8-22(28)20(13-21)16-37-14-18(2)31-19(3)15-37/h4-13,18-19,31H,14-16H2,1-3H3,(H2,29,30,33,34,35,36)/t18-,19+. The van der Waals surface area contributed by atoms with Crippen LogP contribution in [0, 0.1) is 12.7 Å². The molecule has 5 rings (SSSR count). The average molecular weight is 500 g/mol. The molecule has 0 saturated carbocycles. The number of benzene rings is 1. The van der Waals surface area contributed by atoms with Gasteiger partial charge in [-0.3, -0.25) is 4.90 Å². The van der Waals surface area contributed by atoms with Gasteiger partial charge < -0.3 is 16.0 Å². The van der Waals surface area contributed by atoms with Crippen molar-refractivity contribution in [1.29, 1.82) is 0 Å². The van der Waals surface area contributed by atoms with Crippen molar-refractivity contribution in [2.75, 3.05) is 23.7 Å². The Morgan fingerprint density at radius 3 is 2.46 bits per heavy atom. The van der Waals surface area contributed by atoms with Gasteiger partial charge >= 0.3 is 0 Å². The van der Waals surface area contributed by atoms with Crippen LogP contribution in [0.1, 0.15) is 25.1 Å². The Kier molecular flexibility index (Phi) is 7.29. The highest BCUT2D eigenvalue weighted by Crippen LogP contribution is 2.22. The zero-order chi connectivity index (χ0) is 25.8. The lowest BCUT2D eigenvalue weighted by atomic mass is 10.1. The molecule has 4 heterocycles. The summed E-state index contributed by atoms with van der Waals surface area (Å²) in [6.45, 7) is 8.53. The molecule has 3 aromatic heterocycles. The summed E-state index contributed by atoms with van der Waals surface area (Å²) in [5, 5.41) is 9.90. The van der Waals surface area contributed by atoms with Gasteiger partial charge in [-0.15, -0.1) is 0 Å². The highest BCUT2D eigenvalue weighted by atomic mass is 19.1. The molecule has 3 N–H and O–H groups in total. The Morgan fingerprint density at radius 2 is 1.68 bits per heavy atom. The fourth-order valence-electron chi connectivity index (χ4n) is 4.55. The molecule has 37 heavy (non-hydrogen) atoms. The van der Waals surface area contributed by atoms with E-state index >= 15 is 0 Å². The van der Waals surface area contributed by atoms with E-state index in [0.29, 0.717) is 53.3 Å². The summed E-state index contributed by atoms with van der Waals surface area (Å²) in [7, 11) is 0. The lowest BCUT2D eigenvalue weighted by Crippen LogP contribution is -2.53. The van der Waals surface area contributed by atoms with Crippen LogP contribution in [-0.4, -0.2) is 55.0 Å². The van der Waals surface area contributed by atoms with Crippen LogP contribution >= 0.6 is 0 Å². The zero-order valence-corrected chi connectivity index (χ0v) is 21.1. The van der Waals surface area contributed by atoms with Crippen molar-refractivity contribution in [3.63, 3.8) is 0 Å². The molecule has 1 aromatic carbocycles. The second-order valence-corrected chi connectivity index (χ2v) is 9.41. The Hall–Kier alpha value is -4.02. The highest BCUT2D eigenvalue weighted by molar-refractivity contribution is 5.59. The first-order valence-electron chi connectivity index (χ1n) is 12.3. The number of pyridine rings is 1. The number of anilines is 4. The third-order valence-corrected chi connectivity index (χ3v) is 6.01. The first kappa shape index (κ1) is 24.7. The van der Waals surface area contributed by atoms with Crippen LogP contribution in [0.25, 0.3) is 11.5 Å². The van der Waals surface area contributed by atoms with Crippen molar-refractivity contribution < 1.29 is 4.39 Å². The first-order valence-corrected chi connectivity index (χ1v) is 12.3. The molecule has 9 nitrogen and oxygen atoms in total. The third-order valence-electron chi connectivity index (χ3n) is 6.01. The second-order valence-electron chi connectivity index (χ2n) is 9.41. The molecular weight excluding hydrogens is 469 g/mol. The predicted octanol–water partition coefficient (Wildman–Crippen LogP) is 4.45. The van der Waals surface area contributed by atoms with E-state index in [1.165, 1.54) is 6.07 Å². The summed E-state index contributed by atoms with van der Waals surface area (Å²) in [6.07, 6.45) is 3.32. The smallest absolute Gasteiger partial charge is 0.229 e. The highest BCUT2D eigenvalue weighted by Gasteiger charge is 2.21. The summed E-state index contributed by atoms with van der Waals surface area (Å²) >= 11 is 0. The summed E-state index contributed by atoms with van der Waals surface area (Å²) in [5.41, 5.74) is 2.95. The number of piperazine rings is 1. The lowest BCUT2D eigenvalue weighted by Gasteiger charge is -2.36. The third kappa shape index (κ3) is 6.41. The van der Waals surface area contributed by atoms with E-state index in [1.54, 1.807) is 30.6 Å². The van der Waals surface area contributed by atoms with Crippen molar-refractivity contribution in [2.24, 2.45) is 0 Å². The average Bonchev–Trinajstić information content (AvgIpc) is 2.86. The molecule has 0 aliphatic carbocycles. The maximum absolute atomic E-state index is 14.6. The van der Waals surface area contributed by atoms with Gasteiger partial charge in [0.1, 0.15) is 23.1 Å². The molecule has 1 aliphatic heterocycles. The van der Waals surface area contributed by atoms with Gasteiger partial charge in [-0.1, -0.05) is 6.07 Å². The monoisotopic (exact) mass is 499 g/mol. The molecule has 1 fully saturated rings. The molecular formula is C27H30FN9. The number of aryl methyl sites for hydroxylation is 1. The van der Waals surface area contributed by atoms with Gasteiger partial charge in [-0.25, -0.2) is 24.3 Å². The van der Waals surface area contributed by atoms with Gasteiger partial charge in [0.2, 0.25) is 5.95 Å². The Labute approximate surface area is 215 Å². The van der Waals surface area contributed by atoms with Gasteiger partial charge in [0.05, 0.1) is 0 Å². The SMILES string of the molecule is Cc1cccc(-c2nccc(Nc3ccnc(Nc4ccc(F)c(CN5C[C@@H](C)N[C@@H](C)C5)c4)n3)n2)n1. The second kappa shape index (κ2) is 10.9. The van der Waals surface area contributed by atoms with Crippen LogP contribution in [0.5, 0.6) is 0 Å². The number of aromatic nitrogens is 5. The Balaban J connectivity index is 1.29. The van der Waals surface area contributed by atoms with Crippen LogP contribution in [-0.2, 0) is 6.54 Å². The molecule has 2 atom stereocenters. The Morgan fingerprint density at radius 1 is 0.919 bits per heavy atom. The van der Waals surface area contributed by atoms with Crippen molar-refractivity contribution in [3.05, 3.63) is 78.0 Å². The van der Waals surface area contributed by atoms with E-state index < -0.39 is 0 Å². The number of hydrogen-bond acceptors (Lipinski definition) is 9. The molecule has 0 radical (unpaired) electrons. The van der Waals surface area contributed by atoms with E-state index in [9.17, 15) is 4.39 Å². The molecule has 10 heteroatoms. The zero-order valence-electron chi connectivity index (χ0n) is 21.1. The fourth-order valence-corrected chi connectivity index (χ4v) is 4.55. The normalized spacial score (nSPS) is 17.9. The minimum atomic E-state index is -0.219. The molecule has 4 aromatic rings. The molecule has 0 unspecified atom stereocenters. The number of nitrogens with one attached hydrogen (secondary N) is 3. The molecule has 0 bridgehead atoms. The summed E-state index contributed by atoms with van der Waals surface area (Å²) in [5.74, 6) is 1.84. The van der Waals surface area contributed by atoms with E-state index in [1.807, 2.05) is 31.2 Å². The van der Waals surface area contributed by atoms with E-state index in [0.717, 1.165) is 24.5 Å². The molecule has 0 amide bonds. The van der Waals surface area contributed by atoms with Crippen LogP contribution in [0.4, 0.5) is 27.7 Å². The first-order chi connectivity index (χ1) is 17.9. The van der Waals surface area contributed by atoms with Gasteiger partial charge in [0.15, 0.2) is 5.82 Å². The fraction of sp³-hybridized carbons (Fsp3) is 0.296. The molecule has 1 saturated heterocycles. The number of nitrogens with zero attached hydrogens (tertiary/aromatic N) is 6. The van der Waals surface area contributed by atoms with E-state index in [-0.39, 0.29) is 5.82 Å². The molecule has 190 valence electrons. The van der Waals surface area contributed by atoms with Gasteiger partial charge in [-0.2, -0.15) is 4.98 Å². The number of halogens is 1. The lowest BCUT2D eigenvalue weighted by molar-refractivity contribution is 0.165. The summed E-state index contributed by atoms with van der Waals surface area (Å²) < 4.78 is 14.6. The van der Waals surface area contributed by atoms with Crippen LogP contribution < -0.4 is 16.0 Å². The number of hydrogen-bond donors (Lipinski definition) is 3. The number of rotatable bonds is 7. The van der Waals surface area contributed by atoms with Crippen molar-refractivity contribution in [2.45, 2.75) is 39.4 Å². The minimum Gasteiger partial charge on any atom is -0.325 e. The maximum Gasteiger partial charge on any atom is 0.229 e. The van der Waals surface area contributed by atoms with Gasteiger partial charge in [0, 0.05) is 61.1 Å². The summed E-state index contributed by atoms with van der Waals surface area (Å²) in [6, 6.07) is 15.0. The maximum atomic E-state index is 14.6.